The van der Waals surface area contributed by atoms with Crippen molar-refractivity contribution in [2.45, 2.75) is 25.3 Å². The number of anilines is 1. The van der Waals surface area contributed by atoms with Crippen LogP contribution in [-0.2, 0) is 12.8 Å². The Hall–Kier alpha value is -3.08. The van der Waals surface area contributed by atoms with E-state index in [4.69, 9.17) is 9.47 Å². The number of rotatable bonds is 6. The number of ether oxygens (including phenoxy) is 2. The van der Waals surface area contributed by atoms with Gasteiger partial charge in [-0.3, -0.25) is 0 Å². The van der Waals surface area contributed by atoms with Gasteiger partial charge in [-0.25, -0.2) is 8.78 Å². The molecule has 1 aliphatic heterocycles. The van der Waals surface area contributed by atoms with Crippen molar-refractivity contribution in [1.82, 2.24) is 0 Å². The summed E-state index contributed by atoms with van der Waals surface area (Å²) in [6.45, 7) is 0.870. The maximum absolute atomic E-state index is 13.7. The van der Waals surface area contributed by atoms with Gasteiger partial charge in [0.1, 0.15) is 0 Å². The van der Waals surface area contributed by atoms with E-state index < -0.39 is 11.6 Å². The zero-order chi connectivity index (χ0) is 21.1. The summed E-state index contributed by atoms with van der Waals surface area (Å²) in [6, 6.07) is 18.6. The second-order valence-electron chi connectivity index (χ2n) is 7.49. The van der Waals surface area contributed by atoms with E-state index in [1.165, 1.54) is 23.3 Å². The zero-order valence-corrected chi connectivity index (χ0v) is 17.2. The maximum atomic E-state index is 13.7. The summed E-state index contributed by atoms with van der Waals surface area (Å²) in [7, 11) is 3.28. The molecule has 156 valence electrons. The lowest BCUT2D eigenvalue weighted by Crippen LogP contribution is -2.36. The van der Waals surface area contributed by atoms with E-state index in [2.05, 4.69) is 29.2 Å². The van der Waals surface area contributed by atoms with Crippen molar-refractivity contribution in [2.75, 3.05) is 25.7 Å². The van der Waals surface area contributed by atoms with Crippen LogP contribution in [0, 0.1) is 11.6 Å². The molecule has 0 spiro atoms. The average molecular weight is 409 g/mol. The smallest absolute Gasteiger partial charge is 0.161 e. The van der Waals surface area contributed by atoms with E-state index in [-0.39, 0.29) is 6.04 Å². The molecular formula is C25H25F2NO2. The third-order valence-electron chi connectivity index (χ3n) is 5.78. The van der Waals surface area contributed by atoms with Gasteiger partial charge in [0.2, 0.25) is 0 Å². The standard InChI is InChI=1S/C25H25F2NO2/c1-29-24-15-18-12-13-28(19-6-4-3-5-7-19)23(20(18)16-25(24)30-2)11-9-17-8-10-21(26)22(27)14-17/h3-8,10,14-16,23H,9,11-13H2,1-2H3. The van der Waals surface area contributed by atoms with Crippen LogP contribution in [-0.4, -0.2) is 20.8 Å². The molecule has 0 fully saturated rings. The molecule has 4 rings (SSSR count). The number of methoxy groups -OCH3 is 2. The molecule has 30 heavy (non-hydrogen) atoms. The molecule has 1 aliphatic rings. The van der Waals surface area contributed by atoms with Crippen molar-refractivity contribution in [1.29, 1.82) is 0 Å². The van der Waals surface area contributed by atoms with E-state index in [9.17, 15) is 8.78 Å². The van der Waals surface area contributed by atoms with Gasteiger partial charge in [-0.05, 0) is 72.4 Å². The van der Waals surface area contributed by atoms with Crippen molar-refractivity contribution >= 4 is 5.69 Å². The quantitative estimate of drug-likeness (QED) is 0.520. The van der Waals surface area contributed by atoms with Gasteiger partial charge >= 0.3 is 0 Å². The molecule has 0 bridgehead atoms. The van der Waals surface area contributed by atoms with Crippen molar-refractivity contribution in [3.8, 4) is 11.5 Å². The largest absolute Gasteiger partial charge is 0.493 e. The monoisotopic (exact) mass is 409 g/mol. The molecule has 0 saturated heterocycles. The Bertz CT molecular complexity index is 1020. The summed E-state index contributed by atoms with van der Waals surface area (Å²) in [5.74, 6) is -0.194. The normalized spacial score (nSPS) is 15.6. The molecule has 0 aliphatic carbocycles. The van der Waals surface area contributed by atoms with Crippen LogP contribution < -0.4 is 14.4 Å². The Labute approximate surface area is 175 Å². The number of para-hydroxylation sites is 1. The van der Waals surface area contributed by atoms with Crippen molar-refractivity contribution < 1.29 is 18.3 Å². The molecule has 1 atom stereocenters. The molecule has 1 unspecified atom stereocenters. The van der Waals surface area contributed by atoms with Gasteiger partial charge < -0.3 is 14.4 Å². The van der Waals surface area contributed by atoms with Gasteiger partial charge in [-0.1, -0.05) is 24.3 Å². The Balaban J connectivity index is 1.70. The third-order valence-corrected chi connectivity index (χ3v) is 5.78. The molecule has 0 N–H and O–H groups in total. The second-order valence-corrected chi connectivity index (χ2v) is 7.49. The van der Waals surface area contributed by atoms with Crippen molar-refractivity contribution in [3.63, 3.8) is 0 Å². The highest BCUT2D eigenvalue weighted by molar-refractivity contribution is 5.56. The van der Waals surface area contributed by atoms with Crippen LogP contribution in [0.15, 0.2) is 60.7 Å². The molecule has 1 heterocycles. The summed E-state index contributed by atoms with van der Waals surface area (Å²) in [5.41, 5.74) is 4.35. The fourth-order valence-corrected chi connectivity index (χ4v) is 4.27. The summed E-state index contributed by atoms with van der Waals surface area (Å²) in [6.07, 6.45) is 2.30. The predicted molar refractivity (Wildman–Crippen MR) is 114 cm³/mol. The number of aryl methyl sites for hydroxylation is 1. The lowest BCUT2D eigenvalue weighted by atomic mass is 9.88. The van der Waals surface area contributed by atoms with Gasteiger partial charge in [-0.2, -0.15) is 0 Å². The first-order chi connectivity index (χ1) is 14.6. The number of benzene rings is 3. The van der Waals surface area contributed by atoms with Gasteiger partial charge in [-0.15, -0.1) is 0 Å². The minimum Gasteiger partial charge on any atom is -0.493 e. The topological polar surface area (TPSA) is 21.7 Å². The summed E-state index contributed by atoms with van der Waals surface area (Å²) in [4.78, 5) is 2.38. The van der Waals surface area contributed by atoms with Gasteiger partial charge in [0, 0.05) is 12.2 Å². The second kappa shape index (κ2) is 8.74. The Kier molecular flexibility index (Phi) is 5.88. The highest BCUT2D eigenvalue weighted by atomic mass is 19.2. The molecule has 0 saturated carbocycles. The maximum Gasteiger partial charge on any atom is 0.161 e. The van der Waals surface area contributed by atoms with Crippen molar-refractivity contribution in [2.24, 2.45) is 0 Å². The number of hydrogen-bond acceptors (Lipinski definition) is 3. The van der Waals surface area contributed by atoms with Crippen LogP contribution in [0.1, 0.15) is 29.2 Å². The van der Waals surface area contributed by atoms with Gasteiger partial charge in [0.15, 0.2) is 23.1 Å². The average Bonchev–Trinajstić information content (AvgIpc) is 2.79. The summed E-state index contributed by atoms with van der Waals surface area (Å²) in [5, 5.41) is 0. The summed E-state index contributed by atoms with van der Waals surface area (Å²) >= 11 is 0. The fraction of sp³-hybridized carbons (Fsp3) is 0.280. The summed E-state index contributed by atoms with van der Waals surface area (Å²) < 4.78 is 38.0. The number of halogens is 2. The first-order valence-corrected chi connectivity index (χ1v) is 10.1. The fourth-order valence-electron chi connectivity index (χ4n) is 4.27. The van der Waals surface area contributed by atoms with Crippen LogP contribution in [0.25, 0.3) is 0 Å². The minimum absolute atomic E-state index is 0.0871. The Morgan fingerprint density at radius 3 is 2.33 bits per heavy atom. The molecule has 3 aromatic rings. The lowest BCUT2D eigenvalue weighted by Gasteiger charge is -2.39. The van der Waals surface area contributed by atoms with E-state index in [1.54, 1.807) is 20.3 Å². The Morgan fingerprint density at radius 1 is 0.900 bits per heavy atom. The van der Waals surface area contributed by atoms with Gasteiger partial charge in [0.25, 0.3) is 0 Å². The molecule has 0 amide bonds. The molecule has 0 aromatic heterocycles. The van der Waals surface area contributed by atoms with Crippen molar-refractivity contribution in [3.05, 3.63) is 89.0 Å². The molecule has 3 nitrogen and oxygen atoms in total. The number of nitrogens with zero attached hydrogens (tertiary/aromatic N) is 1. The SMILES string of the molecule is COc1cc2c(cc1OC)C(CCc1ccc(F)c(F)c1)N(c1ccccc1)CC2. The molecular weight excluding hydrogens is 384 g/mol. The first kappa shape index (κ1) is 20.2. The van der Waals surface area contributed by atoms with E-state index in [1.807, 2.05) is 18.2 Å². The van der Waals surface area contributed by atoms with Crippen LogP contribution in [0.3, 0.4) is 0 Å². The molecule has 0 radical (unpaired) electrons. The first-order valence-electron chi connectivity index (χ1n) is 10.1. The van der Waals surface area contributed by atoms with Crippen LogP contribution >= 0.6 is 0 Å². The molecule has 5 heteroatoms. The number of hydrogen-bond donors (Lipinski definition) is 0. The third kappa shape index (κ3) is 3.97. The predicted octanol–water partition coefficient (Wildman–Crippen LogP) is 5.72. The van der Waals surface area contributed by atoms with Crippen LogP contribution in [0.2, 0.25) is 0 Å². The zero-order valence-electron chi connectivity index (χ0n) is 17.2. The van der Waals surface area contributed by atoms with Gasteiger partial charge in [0.05, 0.1) is 20.3 Å². The molecule has 3 aromatic carbocycles. The van der Waals surface area contributed by atoms with E-state index in [0.29, 0.717) is 12.2 Å². The van der Waals surface area contributed by atoms with E-state index in [0.717, 1.165) is 36.4 Å². The lowest BCUT2D eigenvalue weighted by molar-refractivity contribution is 0.352. The van der Waals surface area contributed by atoms with Crippen LogP contribution in [0.4, 0.5) is 14.5 Å². The highest BCUT2D eigenvalue weighted by Crippen LogP contribution is 2.41. The minimum atomic E-state index is -0.815. The van der Waals surface area contributed by atoms with E-state index >= 15 is 0 Å². The number of fused-ring (bicyclic) bond motifs is 1. The van der Waals surface area contributed by atoms with Crippen LogP contribution in [0.5, 0.6) is 11.5 Å². The Morgan fingerprint density at radius 2 is 1.63 bits per heavy atom. The highest BCUT2D eigenvalue weighted by Gasteiger charge is 2.29.